The van der Waals surface area contributed by atoms with E-state index in [0.717, 1.165) is 11.1 Å². The Bertz CT molecular complexity index is 960. The van der Waals surface area contributed by atoms with Crippen LogP contribution in [0.15, 0.2) is 66.7 Å². The lowest BCUT2D eigenvalue weighted by atomic mass is 10.1. The second kappa shape index (κ2) is 6.57. The van der Waals surface area contributed by atoms with Gasteiger partial charge in [0.25, 0.3) is 5.69 Å². The van der Waals surface area contributed by atoms with Crippen molar-refractivity contribution < 1.29 is 10.0 Å². The minimum atomic E-state index is -0.565. The second-order valence-corrected chi connectivity index (χ2v) is 6.28. The molecule has 1 heterocycles. The first-order chi connectivity index (χ1) is 12.6. The molecule has 0 bridgehead atoms. The van der Waals surface area contributed by atoms with Crippen molar-refractivity contribution in [3.8, 4) is 11.3 Å². The second-order valence-electron chi connectivity index (χ2n) is 6.28. The maximum atomic E-state index is 11.4. The van der Waals surface area contributed by atoms with E-state index < -0.39 is 11.0 Å². The number of pyridine rings is 1. The van der Waals surface area contributed by atoms with Crippen LogP contribution in [-0.2, 0) is 6.42 Å². The van der Waals surface area contributed by atoms with E-state index in [2.05, 4.69) is 10.3 Å². The van der Waals surface area contributed by atoms with Gasteiger partial charge in [-0.25, -0.2) is 4.98 Å². The topological polar surface area (TPSA) is 88.3 Å². The monoisotopic (exact) mass is 347 g/mol. The standard InChI is InChI=1S/C20H17N3O3/c24-17-12-14-8-4-5-9-15(14)20(17)22-18-11-10-16(23(25)26)19(21-18)13-6-2-1-3-7-13/h1-11,17,20,24H,12H2,(H,21,22). The Kier molecular flexibility index (Phi) is 4.10. The number of fused-ring (bicyclic) bond motifs is 1. The number of rotatable bonds is 4. The predicted molar refractivity (Wildman–Crippen MR) is 98.8 cm³/mol. The minimum Gasteiger partial charge on any atom is -0.390 e. The first-order valence-corrected chi connectivity index (χ1v) is 8.37. The van der Waals surface area contributed by atoms with Crippen molar-refractivity contribution in [2.75, 3.05) is 5.32 Å². The van der Waals surface area contributed by atoms with Crippen molar-refractivity contribution >= 4 is 11.5 Å². The van der Waals surface area contributed by atoms with Gasteiger partial charge in [-0.2, -0.15) is 0 Å². The van der Waals surface area contributed by atoms with E-state index in [9.17, 15) is 15.2 Å². The number of nitrogens with zero attached hydrogens (tertiary/aromatic N) is 2. The molecule has 0 fully saturated rings. The maximum Gasteiger partial charge on any atom is 0.295 e. The molecule has 1 aromatic heterocycles. The molecule has 0 amide bonds. The zero-order chi connectivity index (χ0) is 18.1. The van der Waals surface area contributed by atoms with Crippen LogP contribution in [-0.4, -0.2) is 21.1 Å². The summed E-state index contributed by atoms with van der Waals surface area (Å²) in [5.41, 5.74) is 3.06. The van der Waals surface area contributed by atoms with Crippen LogP contribution >= 0.6 is 0 Å². The van der Waals surface area contributed by atoms with Crippen LogP contribution in [0.2, 0.25) is 0 Å². The van der Waals surface area contributed by atoms with Gasteiger partial charge >= 0.3 is 0 Å². The van der Waals surface area contributed by atoms with Gasteiger partial charge in [0.05, 0.1) is 17.1 Å². The van der Waals surface area contributed by atoms with Crippen molar-refractivity contribution in [2.45, 2.75) is 18.6 Å². The molecule has 6 nitrogen and oxygen atoms in total. The summed E-state index contributed by atoms with van der Waals surface area (Å²) in [6.07, 6.45) is 0.0105. The largest absolute Gasteiger partial charge is 0.390 e. The van der Waals surface area contributed by atoms with E-state index in [4.69, 9.17) is 0 Å². The van der Waals surface area contributed by atoms with Gasteiger partial charge in [0.15, 0.2) is 5.69 Å². The molecule has 0 spiro atoms. The maximum absolute atomic E-state index is 11.4. The minimum absolute atomic E-state index is 0.0471. The Morgan fingerprint density at radius 2 is 1.77 bits per heavy atom. The summed E-state index contributed by atoms with van der Waals surface area (Å²) < 4.78 is 0. The average Bonchev–Trinajstić information content (AvgIpc) is 2.98. The van der Waals surface area contributed by atoms with E-state index in [1.54, 1.807) is 18.2 Å². The first-order valence-electron chi connectivity index (χ1n) is 8.37. The number of aliphatic hydroxyl groups excluding tert-OH is 1. The van der Waals surface area contributed by atoms with Crippen molar-refractivity contribution in [1.82, 2.24) is 4.98 Å². The number of hydrogen-bond acceptors (Lipinski definition) is 5. The molecule has 1 aliphatic rings. The lowest BCUT2D eigenvalue weighted by Gasteiger charge is -2.19. The summed E-state index contributed by atoms with van der Waals surface area (Å²) in [6.45, 7) is 0. The fraction of sp³-hybridized carbons (Fsp3) is 0.150. The zero-order valence-corrected chi connectivity index (χ0v) is 13.9. The summed E-state index contributed by atoms with van der Waals surface area (Å²) in [4.78, 5) is 15.4. The van der Waals surface area contributed by atoms with Gasteiger partial charge in [-0.15, -0.1) is 0 Å². The molecule has 1 aliphatic carbocycles. The Morgan fingerprint density at radius 3 is 2.54 bits per heavy atom. The van der Waals surface area contributed by atoms with Crippen molar-refractivity contribution in [1.29, 1.82) is 0 Å². The fourth-order valence-corrected chi connectivity index (χ4v) is 3.40. The highest BCUT2D eigenvalue weighted by atomic mass is 16.6. The predicted octanol–water partition coefficient (Wildman–Crippen LogP) is 3.73. The molecule has 3 aromatic rings. The number of benzene rings is 2. The third-order valence-corrected chi connectivity index (χ3v) is 4.63. The lowest BCUT2D eigenvalue weighted by molar-refractivity contribution is -0.384. The molecule has 4 rings (SSSR count). The van der Waals surface area contributed by atoms with Crippen molar-refractivity contribution in [3.05, 3.63) is 88.0 Å². The van der Waals surface area contributed by atoms with E-state index in [-0.39, 0.29) is 11.7 Å². The molecule has 2 N–H and O–H groups in total. The van der Waals surface area contributed by atoms with Gasteiger partial charge in [-0.1, -0.05) is 54.6 Å². The van der Waals surface area contributed by atoms with Gasteiger partial charge in [0, 0.05) is 18.1 Å². The van der Waals surface area contributed by atoms with E-state index in [1.807, 2.05) is 42.5 Å². The summed E-state index contributed by atoms with van der Waals surface area (Å²) in [6, 6.07) is 19.7. The van der Waals surface area contributed by atoms with Gasteiger partial charge in [-0.05, 0) is 17.2 Å². The Morgan fingerprint density at radius 1 is 1.04 bits per heavy atom. The SMILES string of the molecule is O=[N+]([O-])c1ccc(NC2c3ccccc3CC2O)nc1-c1ccccc1. The van der Waals surface area contributed by atoms with Crippen LogP contribution in [0.1, 0.15) is 17.2 Å². The molecular formula is C20H17N3O3. The molecule has 6 heteroatoms. The van der Waals surface area contributed by atoms with E-state index >= 15 is 0 Å². The molecular weight excluding hydrogens is 330 g/mol. The lowest BCUT2D eigenvalue weighted by Crippen LogP contribution is -2.21. The quantitative estimate of drug-likeness (QED) is 0.554. The highest BCUT2D eigenvalue weighted by Gasteiger charge is 2.31. The highest BCUT2D eigenvalue weighted by molar-refractivity contribution is 5.71. The summed E-state index contributed by atoms with van der Waals surface area (Å²) in [7, 11) is 0. The molecule has 0 saturated heterocycles. The number of nitrogens with one attached hydrogen (secondary N) is 1. The highest BCUT2D eigenvalue weighted by Crippen LogP contribution is 2.35. The summed E-state index contributed by atoms with van der Waals surface area (Å²) in [5, 5.41) is 25.0. The Labute approximate surface area is 150 Å². The van der Waals surface area contributed by atoms with Crippen molar-refractivity contribution in [2.24, 2.45) is 0 Å². The molecule has 0 radical (unpaired) electrons. The Balaban J connectivity index is 1.71. The van der Waals surface area contributed by atoms with E-state index in [1.165, 1.54) is 6.07 Å². The number of anilines is 1. The Hall–Kier alpha value is -3.25. The molecule has 130 valence electrons. The molecule has 2 unspecified atom stereocenters. The molecule has 2 atom stereocenters. The zero-order valence-electron chi connectivity index (χ0n) is 13.9. The third kappa shape index (κ3) is 2.91. The molecule has 2 aromatic carbocycles. The van der Waals surface area contributed by atoms with Crippen LogP contribution in [0.4, 0.5) is 11.5 Å². The smallest absolute Gasteiger partial charge is 0.295 e. The van der Waals surface area contributed by atoms with Crippen molar-refractivity contribution in [3.63, 3.8) is 0 Å². The summed E-state index contributed by atoms with van der Waals surface area (Å²) in [5.74, 6) is 0.496. The van der Waals surface area contributed by atoms with Gasteiger partial charge in [0.2, 0.25) is 0 Å². The summed E-state index contributed by atoms with van der Waals surface area (Å²) >= 11 is 0. The van der Waals surface area contributed by atoms with Gasteiger partial charge < -0.3 is 10.4 Å². The number of aliphatic hydroxyl groups is 1. The van der Waals surface area contributed by atoms with Crippen LogP contribution in [0.3, 0.4) is 0 Å². The van der Waals surface area contributed by atoms with E-state index in [0.29, 0.717) is 23.5 Å². The number of hydrogen-bond donors (Lipinski definition) is 2. The van der Waals surface area contributed by atoms with Crippen LogP contribution in [0.25, 0.3) is 11.3 Å². The van der Waals surface area contributed by atoms with Gasteiger partial charge in [0.1, 0.15) is 5.82 Å². The van der Waals surface area contributed by atoms with Crippen LogP contribution in [0.5, 0.6) is 0 Å². The van der Waals surface area contributed by atoms with Gasteiger partial charge in [-0.3, -0.25) is 10.1 Å². The number of aromatic nitrogens is 1. The van der Waals surface area contributed by atoms with Crippen LogP contribution in [0, 0.1) is 10.1 Å². The first kappa shape index (κ1) is 16.2. The third-order valence-electron chi connectivity index (χ3n) is 4.63. The molecule has 0 aliphatic heterocycles. The number of nitro groups is 1. The van der Waals surface area contributed by atoms with Crippen LogP contribution < -0.4 is 5.32 Å². The average molecular weight is 347 g/mol. The fourth-order valence-electron chi connectivity index (χ4n) is 3.40. The molecule has 26 heavy (non-hydrogen) atoms. The molecule has 0 saturated carbocycles. The normalized spacial score (nSPS) is 18.3.